The molecule has 0 aliphatic rings. The molecular formula is C9H8FNO. The summed E-state index contributed by atoms with van der Waals surface area (Å²) in [6.07, 6.45) is 2.21. The SMILES string of the molecule is CCc1c(F)ccc2cnoc12. The van der Waals surface area contributed by atoms with Gasteiger partial charge in [-0.15, -0.1) is 0 Å². The van der Waals surface area contributed by atoms with E-state index < -0.39 is 0 Å². The molecule has 0 radical (unpaired) electrons. The van der Waals surface area contributed by atoms with Gasteiger partial charge in [0.05, 0.1) is 6.20 Å². The number of hydrogen-bond acceptors (Lipinski definition) is 2. The zero-order valence-corrected chi connectivity index (χ0v) is 6.67. The zero-order valence-electron chi connectivity index (χ0n) is 6.67. The van der Waals surface area contributed by atoms with Crippen LogP contribution in [-0.2, 0) is 6.42 Å². The summed E-state index contributed by atoms with van der Waals surface area (Å²) in [5.74, 6) is -0.221. The first-order valence-corrected chi connectivity index (χ1v) is 3.84. The van der Waals surface area contributed by atoms with Gasteiger partial charge >= 0.3 is 0 Å². The molecular weight excluding hydrogens is 157 g/mol. The number of rotatable bonds is 1. The molecule has 1 heterocycles. The maximum atomic E-state index is 13.1. The topological polar surface area (TPSA) is 26.0 Å². The van der Waals surface area contributed by atoms with Crippen LogP contribution in [0.1, 0.15) is 12.5 Å². The summed E-state index contributed by atoms with van der Waals surface area (Å²) in [5, 5.41) is 4.46. The molecule has 2 rings (SSSR count). The third-order valence-corrected chi connectivity index (χ3v) is 1.92. The number of fused-ring (bicyclic) bond motifs is 1. The Balaban J connectivity index is 2.83. The highest BCUT2D eigenvalue weighted by molar-refractivity contribution is 5.79. The van der Waals surface area contributed by atoms with E-state index in [1.165, 1.54) is 6.07 Å². The van der Waals surface area contributed by atoms with E-state index in [0.717, 1.165) is 5.39 Å². The summed E-state index contributed by atoms with van der Waals surface area (Å²) in [4.78, 5) is 0. The fourth-order valence-corrected chi connectivity index (χ4v) is 1.30. The second-order valence-electron chi connectivity index (χ2n) is 2.62. The fourth-order valence-electron chi connectivity index (χ4n) is 1.30. The predicted molar refractivity (Wildman–Crippen MR) is 43.3 cm³/mol. The summed E-state index contributed by atoms with van der Waals surface area (Å²) in [6, 6.07) is 3.11. The average Bonchev–Trinajstić information content (AvgIpc) is 2.52. The molecule has 1 aromatic carbocycles. The van der Waals surface area contributed by atoms with E-state index in [1.807, 2.05) is 6.92 Å². The van der Waals surface area contributed by atoms with Gasteiger partial charge in [-0.05, 0) is 18.6 Å². The lowest BCUT2D eigenvalue weighted by Gasteiger charge is -1.97. The number of hydrogen-bond donors (Lipinski definition) is 0. The van der Waals surface area contributed by atoms with Crippen LogP contribution in [0.2, 0.25) is 0 Å². The Kier molecular flexibility index (Phi) is 1.57. The van der Waals surface area contributed by atoms with E-state index in [-0.39, 0.29) is 5.82 Å². The van der Waals surface area contributed by atoms with Crippen molar-refractivity contribution < 1.29 is 8.91 Å². The van der Waals surface area contributed by atoms with Crippen molar-refractivity contribution in [2.75, 3.05) is 0 Å². The van der Waals surface area contributed by atoms with Crippen LogP contribution < -0.4 is 0 Å². The summed E-state index contributed by atoms with van der Waals surface area (Å²) >= 11 is 0. The highest BCUT2D eigenvalue weighted by atomic mass is 19.1. The van der Waals surface area contributed by atoms with Gasteiger partial charge in [-0.3, -0.25) is 0 Å². The van der Waals surface area contributed by atoms with Gasteiger partial charge in [-0.1, -0.05) is 12.1 Å². The molecule has 0 unspecified atom stereocenters. The van der Waals surface area contributed by atoms with Gasteiger partial charge in [-0.2, -0.15) is 0 Å². The molecule has 0 bridgehead atoms. The number of nitrogens with zero attached hydrogens (tertiary/aromatic N) is 1. The number of benzene rings is 1. The first-order valence-electron chi connectivity index (χ1n) is 3.84. The van der Waals surface area contributed by atoms with Crippen molar-refractivity contribution in [3.05, 3.63) is 29.7 Å². The van der Waals surface area contributed by atoms with E-state index in [0.29, 0.717) is 17.6 Å². The summed E-state index contributed by atoms with van der Waals surface area (Å²) in [5.41, 5.74) is 1.17. The maximum absolute atomic E-state index is 13.1. The third-order valence-electron chi connectivity index (χ3n) is 1.92. The lowest BCUT2D eigenvalue weighted by molar-refractivity contribution is 0.451. The monoisotopic (exact) mass is 165 g/mol. The highest BCUT2D eigenvalue weighted by Gasteiger charge is 2.08. The molecule has 2 nitrogen and oxygen atoms in total. The van der Waals surface area contributed by atoms with E-state index >= 15 is 0 Å². The van der Waals surface area contributed by atoms with Gasteiger partial charge < -0.3 is 4.52 Å². The molecule has 12 heavy (non-hydrogen) atoms. The van der Waals surface area contributed by atoms with Crippen molar-refractivity contribution >= 4 is 11.0 Å². The molecule has 0 N–H and O–H groups in total. The fraction of sp³-hybridized carbons (Fsp3) is 0.222. The van der Waals surface area contributed by atoms with Gasteiger partial charge in [0, 0.05) is 10.9 Å². The maximum Gasteiger partial charge on any atom is 0.172 e. The average molecular weight is 165 g/mol. The standard InChI is InChI=1S/C9H8FNO/c1-2-7-8(10)4-3-6-5-11-12-9(6)7/h3-5H,2H2,1H3. The van der Waals surface area contributed by atoms with Gasteiger partial charge in [0.15, 0.2) is 5.58 Å². The Morgan fingerprint density at radius 2 is 2.33 bits per heavy atom. The predicted octanol–water partition coefficient (Wildman–Crippen LogP) is 2.53. The summed E-state index contributed by atoms with van der Waals surface area (Å²) in [6.45, 7) is 1.89. The van der Waals surface area contributed by atoms with Gasteiger partial charge in [0.25, 0.3) is 0 Å². The molecule has 1 aromatic heterocycles. The minimum Gasteiger partial charge on any atom is -0.356 e. The minimum absolute atomic E-state index is 0.221. The Hall–Kier alpha value is -1.38. The Morgan fingerprint density at radius 1 is 1.50 bits per heavy atom. The first-order chi connectivity index (χ1) is 5.83. The number of aromatic nitrogens is 1. The van der Waals surface area contributed by atoms with Crippen LogP contribution in [0, 0.1) is 5.82 Å². The lowest BCUT2D eigenvalue weighted by atomic mass is 10.1. The Morgan fingerprint density at radius 3 is 3.08 bits per heavy atom. The van der Waals surface area contributed by atoms with Crippen molar-refractivity contribution in [3.63, 3.8) is 0 Å². The third kappa shape index (κ3) is 0.897. The Labute approximate surface area is 69.0 Å². The van der Waals surface area contributed by atoms with Crippen molar-refractivity contribution in [3.8, 4) is 0 Å². The molecule has 0 spiro atoms. The first kappa shape index (κ1) is 7.28. The molecule has 3 heteroatoms. The zero-order chi connectivity index (χ0) is 8.55. The molecule has 0 saturated heterocycles. The smallest absolute Gasteiger partial charge is 0.172 e. The number of halogens is 1. The molecule has 0 aliphatic heterocycles. The number of aryl methyl sites for hydroxylation is 1. The quantitative estimate of drug-likeness (QED) is 0.649. The molecule has 0 amide bonds. The largest absolute Gasteiger partial charge is 0.356 e. The van der Waals surface area contributed by atoms with E-state index in [1.54, 1.807) is 12.3 Å². The van der Waals surface area contributed by atoms with E-state index in [4.69, 9.17) is 4.52 Å². The molecule has 0 aliphatic carbocycles. The van der Waals surface area contributed by atoms with Crippen molar-refractivity contribution in [1.82, 2.24) is 5.16 Å². The molecule has 0 atom stereocenters. The summed E-state index contributed by atoms with van der Waals surface area (Å²) < 4.78 is 18.0. The molecule has 0 fully saturated rings. The van der Waals surface area contributed by atoms with Crippen LogP contribution in [0.25, 0.3) is 11.0 Å². The minimum atomic E-state index is -0.221. The van der Waals surface area contributed by atoms with E-state index in [2.05, 4.69) is 5.16 Å². The van der Waals surface area contributed by atoms with Crippen molar-refractivity contribution in [2.45, 2.75) is 13.3 Å². The second kappa shape index (κ2) is 2.59. The van der Waals surface area contributed by atoms with Gasteiger partial charge in [0.1, 0.15) is 5.82 Å². The van der Waals surface area contributed by atoms with Crippen LogP contribution in [0.15, 0.2) is 22.9 Å². The van der Waals surface area contributed by atoms with Crippen LogP contribution in [0.5, 0.6) is 0 Å². The molecule has 2 aromatic rings. The van der Waals surface area contributed by atoms with Crippen molar-refractivity contribution in [2.24, 2.45) is 0 Å². The lowest BCUT2D eigenvalue weighted by Crippen LogP contribution is -1.86. The summed E-state index contributed by atoms with van der Waals surface area (Å²) in [7, 11) is 0. The normalized spacial score (nSPS) is 10.8. The Bertz CT molecular complexity index is 408. The molecule has 0 saturated carbocycles. The highest BCUT2D eigenvalue weighted by Crippen LogP contribution is 2.21. The van der Waals surface area contributed by atoms with E-state index in [9.17, 15) is 4.39 Å². The van der Waals surface area contributed by atoms with Crippen LogP contribution in [0.3, 0.4) is 0 Å². The van der Waals surface area contributed by atoms with Crippen molar-refractivity contribution in [1.29, 1.82) is 0 Å². The van der Waals surface area contributed by atoms with Gasteiger partial charge in [-0.25, -0.2) is 4.39 Å². The van der Waals surface area contributed by atoms with Crippen LogP contribution >= 0.6 is 0 Å². The van der Waals surface area contributed by atoms with Crippen LogP contribution in [-0.4, -0.2) is 5.16 Å². The van der Waals surface area contributed by atoms with Gasteiger partial charge in [0.2, 0.25) is 0 Å². The molecule has 62 valence electrons. The second-order valence-corrected chi connectivity index (χ2v) is 2.62. The van der Waals surface area contributed by atoms with Crippen LogP contribution in [0.4, 0.5) is 4.39 Å².